The van der Waals surface area contributed by atoms with E-state index < -0.39 is 34.2 Å². The molecule has 2 aromatic rings. The molecule has 3 aliphatic rings. The summed E-state index contributed by atoms with van der Waals surface area (Å²) in [4.78, 5) is 40.8. The summed E-state index contributed by atoms with van der Waals surface area (Å²) in [5.41, 5.74) is 0.141. The number of para-hydroxylation sites is 1. The van der Waals surface area contributed by atoms with E-state index in [1.54, 1.807) is 6.08 Å². The lowest BCUT2D eigenvalue weighted by Gasteiger charge is -2.56. The number of benzene rings is 1. The maximum atomic E-state index is 13.4. The van der Waals surface area contributed by atoms with Crippen molar-refractivity contribution in [1.82, 2.24) is 20.2 Å². The number of nitrogens with zero attached hydrogens (tertiary/aromatic N) is 3. The minimum absolute atomic E-state index is 0.0537. The Morgan fingerprint density at radius 1 is 1.28 bits per heavy atom. The van der Waals surface area contributed by atoms with E-state index in [4.69, 9.17) is 4.84 Å². The number of hydrogen-bond acceptors (Lipinski definition) is 6. The first-order valence-electron chi connectivity index (χ1n) is 10.1. The lowest BCUT2D eigenvalue weighted by atomic mass is 9.57. The van der Waals surface area contributed by atoms with Gasteiger partial charge in [0.1, 0.15) is 5.70 Å². The zero-order valence-corrected chi connectivity index (χ0v) is 17.9. The predicted molar refractivity (Wildman–Crippen MR) is 117 cm³/mol. The first-order chi connectivity index (χ1) is 15.2. The maximum Gasteiger partial charge on any atom is 0.296 e. The SMILES string of the molecule is C=CC(C)(C)[C@@]12C=C(O)C(=O)N3/C(=C/c4cnc[nH]4)C(=O)N[C@]31N(OC)c1ccccc12. The van der Waals surface area contributed by atoms with Crippen LogP contribution in [0.5, 0.6) is 0 Å². The number of imidazole rings is 1. The Hall–Kier alpha value is -3.85. The molecule has 5 rings (SSSR count). The number of aliphatic hydroxyl groups excluding tert-OH is 1. The summed E-state index contributed by atoms with van der Waals surface area (Å²) in [7, 11) is 1.48. The van der Waals surface area contributed by atoms with Crippen molar-refractivity contribution in [3.05, 3.63) is 78.2 Å². The standard InChI is InChI=1S/C23H23N5O4/c1-5-21(2,3)22-11-18(29)20(31)27-17(10-14-12-24-13-25-14)19(30)26-23(22,27)28(32-4)16-9-7-6-8-15(16)22/h5-13,29H,1H2,2-4H3,(H,24,25)(H,26,30)/b17-10+/t22-,23-/m0/s1. The Balaban J connectivity index is 1.91. The van der Waals surface area contributed by atoms with Crippen LogP contribution in [0.1, 0.15) is 25.1 Å². The molecule has 164 valence electrons. The molecule has 1 spiro atoms. The molecule has 0 unspecified atom stereocenters. The van der Waals surface area contributed by atoms with Crippen molar-refractivity contribution >= 4 is 23.6 Å². The summed E-state index contributed by atoms with van der Waals surface area (Å²) in [6, 6.07) is 7.47. The molecule has 0 bridgehead atoms. The summed E-state index contributed by atoms with van der Waals surface area (Å²) in [6.07, 6.45) is 7.81. The van der Waals surface area contributed by atoms with Crippen LogP contribution >= 0.6 is 0 Å². The summed E-state index contributed by atoms with van der Waals surface area (Å²) >= 11 is 0. The van der Waals surface area contributed by atoms with Crippen LogP contribution in [0.25, 0.3) is 6.08 Å². The van der Waals surface area contributed by atoms with E-state index >= 15 is 0 Å². The number of allylic oxidation sites excluding steroid dienone is 1. The molecule has 3 aliphatic heterocycles. The third-order valence-corrected chi connectivity index (χ3v) is 6.77. The van der Waals surface area contributed by atoms with E-state index in [1.165, 1.54) is 41.7 Å². The molecule has 2 amide bonds. The van der Waals surface area contributed by atoms with Crippen LogP contribution < -0.4 is 10.4 Å². The number of carbonyl (C=O) groups excluding carboxylic acids is 2. The Morgan fingerprint density at radius 2 is 2.03 bits per heavy atom. The van der Waals surface area contributed by atoms with Gasteiger partial charge in [-0.1, -0.05) is 38.1 Å². The van der Waals surface area contributed by atoms with Crippen LogP contribution in [0.3, 0.4) is 0 Å². The third kappa shape index (κ3) is 2.08. The normalized spacial score (nSPS) is 27.7. The molecule has 1 aromatic carbocycles. The smallest absolute Gasteiger partial charge is 0.296 e. The van der Waals surface area contributed by atoms with Crippen molar-refractivity contribution in [3.63, 3.8) is 0 Å². The number of hydrogen-bond donors (Lipinski definition) is 3. The average Bonchev–Trinajstić information content (AvgIpc) is 3.44. The molecule has 0 saturated carbocycles. The fourth-order valence-corrected chi connectivity index (χ4v) is 5.29. The number of aromatic nitrogens is 2. The van der Waals surface area contributed by atoms with Gasteiger partial charge in [-0.25, -0.2) is 10.0 Å². The quantitative estimate of drug-likeness (QED) is 0.504. The summed E-state index contributed by atoms with van der Waals surface area (Å²) in [6.45, 7) is 7.91. The van der Waals surface area contributed by atoms with E-state index in [9.17, 15) is 14.7 Å². The maximum absolute atomic E-state index is 13.4. The van der Waals surface area contributed by atoms with Crippen LogP contribution in [0.2, 0.25) is 0 Å². The van der Waals surface area contributed by atoms with Crippen molar-refractivity contribution in [1.29, 1.82) is 0 Å². The molecule has 4 heterocycles. The molecule has 1 fully saturated rings. The summed E-state index contributed by atoms with van der Waals surface area (Å²) in [5, 5.41) is 15.5. The van der Waals surface area contributed by atoms with E-state index in [0.717, 1.165) is 5.56 Å². The Morgan fingerprint density at radius 3 is 2.69 bits per heavy atom. The van der Waals surface area contributed by atoms with Gasteiger partial charge in [-0.15, -0.1) is 6.58 Å². The van der Waals surface area contributed by atoms with E-state index in [2.05, 4.69) is 21.9 Å². The molecule has 32 heavy (non-hydrogen) atoms. The van der Waals surface area contributed by atoms with Gasteiger partial charge >= 0.3 is 0 Å². The fraction of sp³-hybridized carbons (Fsp3) is 0.261. The highest BCUT2D eigenvalue weighted by Crippen LogP contribution is 2.64. The minimum Gasteiger partial charge on any atom is -0.503 e. The average molecular weight is 433 g/mol. The first-order valence-corrected chi connectivity index (χ1v) is 10.1. The molecule has 1 saturated heterocycles. The van der Waals surface area contributed by atoms with Crippen molar-refractivity contribution in [2.75, 3.05) is 12.2 Å². The van der Waals surface area contributed by atoms with E-state index in [-0.39, 0.29) is 5.70 Å². The lowest BCUT2D eigenvalue weighted by Crippen LogP contribution is -2.76. The van der Waals surface area contributed by atoms with Gasteiger partial charge in [-0.3, -0.25) is 19.3 Å². The number of carbonyl (C=O) groups is 2. The van der Waals surface area contributed by atoms with Crippen LogP contribution in [-0.2, 0) is 19.8 Å². The number of amides is 2. The van der Waals surface area contributed by atoms with E-state index in [1.807, 2.05) is 38.1 Å². The lowest BCUT2D eigenvalue weighted by molar-refractivity contribution is -0.144. The van der Waals surface area contributed by atoms with Crippen molar-refractivity contribution in [2.24, 2.45) is 5.41 Å². The summed E-state index contributed by atoms with van der Waals surface area (Å²) in [5.74, 6) is -3.19. The number of anilines is 1. The van der Waals surface area contributed by atoms with Crippen LogP contribution in [0, 0.1) is 5.41 Å². The number of fused-ring (bicyclic) bond motifs is 2. The first kappa shape index (κ1) is 20.1. The van der Waals surface area contributed by atoms with Gasteiger partial charge in [-0.2, -0.15) is 0 Å². The summed E-state index contributed by atoms with van der Waals surface area (Å²) < 4.78 is 0. The molecule has 1 aromatic heterocycles. The largest absolute Gasteiger partial charge is 0.503 e. The second-order valence-corrected chi connectivity index (χ2v) is 8.56. The van der Waals surface area contributed by atoms with Gasteiger partial charge in [0.05, 0.1) is 36.4 Å². The van der Waals surface area contributed by atoms with Gasteiger partial charge in [0.15, 0.2) is 5.76 Å². The number of hydroxylamine groups is 1. The van der Waals surface area contributed by atoms with Crippen molar-refractivity contribution in [2.45, 2.75) is 25.0 Å². The Bertz CT molecular complexity index is 1210. The number of nitrogens with one attached hydrogen (secondary N) is 2. The second-order valence-electron chi connectivity index (χ2n) is 8.56. The zero-order chi connectivity index (χ0) is 22.9. The number of H-pyrrole nitrogens is 1. The molecule has 2 atom stereocenters. The molecule has 3 N–H and O–H groups in total. The van der Waals surface area contributed by atoms with Crippen LogP contribution in [0.15, 0.2) is 67.0 Å². The van der Waals surface area contributed by atoms with Gasteiger partial charge in [0, 0.05) is 5.41 Å². The number of aromatic amines is 1. The third-order valence-electron chi connectivity index (χ3n) is 6.77. The van der Waals surface area contributed by atoms with Gasteiger partial charge in [0.2, 0.25) is 5.79 Å². The van der Waals surface area contributed by atoms with Crippen molar-refractivity contribution < 1.29 is 19.5 Å². The zero-order valence-electron chi connectivity index (χ0n) is 17.9. The molecular formula is C23H23N5O4. The molecular weight excluding hydrogens is 410 g/mol. The molecule has 0 aliphatic carbocycles. The topological polar surface area (TPSA) is 111 Å². The van der Waals surface area contributed by atoms with Gasteiger partial charge in [-0.05, 0) is 23.8 Å². The molecule has 9 heteroatoms. The number of aliphatic hydroxyl groups is 1. The van der Waals surface area contributed by atoms with Crippen molar-refractivity contribution in [3.8, 4) is 0 Å². The van der Waals surface area contributed by atoms with Crippen LogP contribution in [0.4, 0.5) is 5.69 Å². The fourth-order valence-electron chi connectivity index (χ4n) is 5.29. The Kier molecular flexibility index (Phi) is 3.97. The molecule has 9 nitrogen and oxygen atoms in total. The highest BCUT2D eigenvalue weighted by Gasteiger charge is 2.76. The molecule has 0 radical (unpaired) electrons. The minimum atomic E-state index is -1.52. The van der Waals surface area contributed by atoms with Gasteiger partial charge in [0.25, 0.3) is 11.8 Å². The predicted octanol–water partition coefficient (Wildman–Crippen LogP) is 2.35. The highest BCUT2D eigenvalue weighted by atomic mass is 16.7. The highest BCUT2D eigenvalue weighted by molar-refractivity contribution is 6.10. The number of rotatable bonds is 4. The Labute approximate surface area is 184 Å². The second kappa shape index (κ2) is 6.33. The van der Waals surface area contributed by atoms with E-state index in [0.29, 0.717) is 11.4 Å². The monoisotopic (exact) mass is 433 g/mol. The van der Waals surface area contributed by atoms with Crippen LogP contribution in [-0.4, -0.2) is 44.7 Å². The van der Waals surface area contributed by atoms with Gasteiger partial charge < -0.3 is 15.4 Å².